The number of hydrogen-bond donors (Lipinski definition) is 0. The number of aryl methyl sites for hydroxylation is 2. The molecule has 0 bridgehead atoms. The molecule has 0 atom stereocenters. The Hall–Kier alpha value is -2.26. The zero-order valence-corrected chi connectivity index (χ0v) is 16.0. The molecule has 2 aromatic rings. The number of hydrogen-bond acceptors (Lipinski definition) is 6. The van der Waals surface area contributed by atoms with Gasteiger partial charge in [0.2, 0.25) is 10.0 Å². The molecule has 3 rings (SSSR count). The highest BCUT2D eigenvalue weighted by atomic mass is 32.2. The second kappa shape index (κ2) is 7.77. The van der Waals surface area contributed by atoms with Gasteiger partial charge in [-0.25, -0.2) is 12.8 Å². The third kappa shape index (κ3) is 4.03. The summed E-state index contributed by atoms with van der Waals surface area (Å²) < 4.78 is 50.6. The van der Waals surface area contributed by atoms with E-state index in [4.69, 9.17) is 9.26 Å². The molecule has 27 heavy (non-hydrogen) atoms. The van der Waals surface area contributed by atoms with Gasteiger partial charge in [-0.1, -0.05) is 17.3 Å². The summed E-state index contributed by atoms with van der Waals surface area (Å²) in [6.07, 6.45) is 0.655. The van der Waals surface area contributed by atoms with Gasteiger partial charge in [-0.05, 0) is 38.8 Å². The van der Waals surface area contributed by atoms with Crippen LogP contribution in [-0.4, -0.2) is 36.9 Å². The van der Waals surface area contributed by atoms with Crippen molar-refractivity contribution in [1.29, 1.82) is 0 Å². The van der Waals surface area contributed by atoms with Crippen LogP contribution >= 0.6 is 0 Å². The first-order valence-electron chi connectivity index (χ1n) is 8.63. The van der Waals surface area contributed by atoms with Gasteiger partial charge in [0, 0.05) is 13.1 Å². The average Bonchev–Trinajstić information content (AvgIpc) is 2.98. The standard InChI is InChI=1S/C18H21FN2O5S/c1-12-15(13(2)26-20-12)11-25-18(22)14-7-9-21(10-8-14)27(23,24)17-6-4-3-5-16(17)19/h3-6,14H,7-11H2,1-2H3. The molecule has 146 valence electrons. The molecular weight excluding hydrogens is 375 g/mol. The molecule has 1 saturated heterocycles. The molecule has 1 aromatic carbocycles. The molecule has 0 N–H and O–H groups in total. The van der Waals surface area contributed by atoms with Crippen LogP contribution in [0.25, 0.3) is 0 Å². The highest BCUT2D eigenvalue weighted by Gasteiger charge is 2.34. The van der Waals surface area contributed by atoms with E-state index >= 15 is 0 Å². The number of carbonyl (C=O) groups is 1. The van der Waals surface area contributed by atoms with E-state index in [0.29, 0.717) is 24.3 Å². The molecule has 1 aliphatic rings. The number of nitrogens with zero attached hydrogens (tertiary/aromatic N) is 2. The van der Waals surface area contributed by atoms with Gasteiger partial charge in [0.15, 0.2) is 0 Å². The molecule has 1 fully saturated rings. The Labute approximate surface area is 157 Å². The highest BCUT2D eigenvalue weighted by molar-refractivity contribution is 7.89. The number of esters is 1. The van der Waals surface area contributed by atoms with Gasteiger partial charge in [0.25, 0.3) is 0 Å². The molecular formula is C18H21FN2O5S. The van der Waals surface area contributed by atoms with Crippen molar-refractivity contribution in [2.45, 2.75) is 38.2 Å². The maximum atomic E-state index is 13.9. The Kier molecular flexibility index (Phi) is 5.61. The summed E-state index contributed by atoms with van der Waals surface area (Å²) in [6, 6.07) is 5.28. The smallest absolute Gasteiger partial charge is 0.309 e. The summed E-state index contributed by atoms with van der Waals surface area (Å²) in [5.41, 5.74) is 1.41. The van der Waals surface area contributed by atoms with Crippen LogP contribution in [0.5, 0.6) is 0 Å². The first-order chi connectivity index (χ1) is 12.8. The summed E-state index contributed by atoms with van der Waals surface area (Å²) >= 11 is 0. The summed E-state index contributed by atoms with van der Waals surface area (Å²) in [5, 5.41) is 3.81. The minimum Gasteiger partial charge on any atom is -0.460 e. The van der Waals surface area contributed by atoms with Crippen molar-refractivity contribution < 1.29 is 26.9 Å². The van der Waals surface area contributed by atoms with Crippen LogP contribution in [0.4, 0.5) is 4.39 Å². The second-order valence-corrected chi connectivity index (χ2v) is 8.43. The van der Waals surface area contributed by atoms with Crippen molar-refractivity contribution in [3.05, 3.63) is 47.1 Å². The van der Waals surface area contributed by atoms with Crippen molar-refractivity contribution >= 4 is 16.0 Å². The van der Waals surface area contributed by atoms with Crippen LogP contribution in [0.1, 0.15) is 29.9 Å². The fourth-order valence-electron chi connectivity index (χ4n) is 3.09. The summed E-state index contributed by atoms with van der Waals surface area (Å²) in [5.74, 6) is -0.944. The van der Waals surface area contributed by atoms with Crippen molar-refractivity contribution in [2.75, 3.05) is 13.1 Å². The first-order valence-corrected chi connectivity index (χ1v) is 10.1. The van der Waals surface area contributed by atoms with Crippen LogP contribution < -0.4 is 0 Å². The van der Waals surface area contributed by atoms with E-state index < -0.39 is 21.8 Å². The van der Waals surface area contributed by atoms with Crippen LogP contribution in [-0.2, 0) is 26.2 Å². The second-order valence-electron chi connectivity index (χ2n) is 6.52. The number of carbonyl (C=O) groups excluding carboxylic acids is 1. The Morgan fingerprint density at radius 1 is 1.30 bits per heavy atom. The number of piperidine rings is 1. The van der Waals surface area contributed by atoms with Crippen molar-refractivity contribution in [3.8, 4) is 0 Å². The summed E-state index contributed by atoms with van der Waals surface area (Å²) in [4.78, 5) is 12.0. The Morgan fingerprint density at radius 2 is 1.96 bits per heavy atom. The number of ether oxygens (including phenoxy) is 1. The minimum atomic E-state index is -3.92. The predicted octanol–water partition coefficient (Wildman–Crippen LogP) is 2.57. The first kappa shape index (κ1) is 19.5. The molecule has 0 unspecified atom stereocenters. The largest absolute Gasteiger partial charge is 0.460 e. The predicted molar refractivity (Wildman–Crippen MR) is 93.7 cm³/mol. The molecule has 2 heterocycles. The lowest BCUT2D eigenvalue weighted by Crippen LogP contribution is -2.40. The number of sulfonamides is 1. The lowest BCUT2D eigenvalue weighted by molar-refractivity contribution is -0.151. The molecule has 1 aliphatic heterocycles. The summed E-state index contributed by atoms with van der Waals surface area (Å²) in [6.45, 7) is 3.87. The van der Waals surface area contributed by atoms with Gasteiger partial charge in [-0.3, -0.25) is 4.79 Å². The van der Waals surface area contributed by atoms with Crippen molar-refractivity contribution in [1.82, 2.24) is 9.46 Å². The number of halogens is 1. The zero-order chi connectivity index (χ0) is 19.6. The van der Waals surface area contributed by atoms with E-state index in [1.54, 1.807) is 13.8 Å². The molecule has 0 saturated carbocycles. The van der Waals surface area contributed by atoms with E-state index in [1.165, 1.54) is 22.5 Å². The third-order valence-corrected chi connectivity index (χ3v) is 6.71. The normalized spacial score (nSPS) is 16.4. The van der Waals surface area contributed by atoms with Crippen LogP contribution in [0.15, 0.2) is 33.7 Å². The fourth-order valence-corrected chi connectivity index (χ4v) is 4.63. The van der Waals surface area contributed by atoms with Crippen LogP contribution in [0, 0.1) is 25.6 Å². The molecule has 0 aliphatic carbocycles. The fraction of sp³-hybridized carbons (Fsp3) is 0.444. The van der Waals surface area contributed by atoms with Gasteiger partial charge in [0.1, 0.15) is 23.1 Å². The maximum Gasteiger partial charge on any atom is 0.309 e. The molecule has 7 nitrogen and oxygen atoms in total. The van der Waals surface area contributed by atoms with E-state index in [-0.39, 0.29) is 30.6 Å². The van der Waals surface area contributed by atoms with Crippen LogP contribution in [0.2, 0.25) is 0 Å². The van der Waals surface area contributed by atoms with Gasteiger partial charge in [-0.15, -0.1) is 0 Å². The third-order valence-electron chi connectivity index (χ3n) is 4.78. The van der Waals surface area contributed by atoms with Gasteiger partial charge < -0.3 is 9.26 Å². The lowest BCUT2D eigenvalue weighted by atomic mass is 9.98. The van der Waals surface area contributed by atoms with Crippen LogP contribution in [0.3, 0.4) is 0 Å². The van der Waals surface area contributed by atoms with E-state index in [0.717, 1.165) is 11.6 Å². The van der Waals surface area contributed by atoms with Crippen molar-refractivity contribution in [2.24, 2.45) is 5.92 Å². The molecule has 1 aromatic heterocycles. The monoisotopic (exact) mass is 396 g/mol. The topological polar surface area (TPSA) is 89.7 Å². The molecule has 0 spiro atoms. The van der Waals surface area contributed by atoms with Gasteiger partial charge >= 0.3 is 5.97 Å². The Balaban J connectivity index is 1.58. The van der Waals surface area contributed by atoms with E-state index in [1.807, 2.05) is 0 Å². The zero-order valence-electron chi connectivity index (χ0n) is 15.1. The minimum absolute atomic E-state index is 0.0771. The lowest BCUT2D eigenvalue weighted by Gasteiger charge is -2.30. The van der Waals surface area contributed by atoms with Crippen molar-refractivity contribution in [3.63, 3.8) is 0 Å². The number of aromatic nitrogens is 1. The molecule has 0 amide bonds. The Morgan fingerprint density at radius 3 is 2.56 bits per heavy atom. The molecule has 9 heteroatoms. The SMILES string of the molecule is Cc1noc(C)c1COC(=O)C1CCN(S(=O)(=O)c2ccccc2F)CC1. The molecule has 0 radical (unpaired) electrons. The van der Waals surface area contributed by atoms with E-state index in [2.05, 4.69) is 5.16 Å². The quantitative estimate of drug-likeness (QED) is 0.722. The maximum absolute atomic E-state index is 13.9. The van der Waals surface area contributed by atoms with Gasteiger partial charge in [-0.2, -0.15) is 4.31 Å². The Bertz CT molecular complexity index is 913. The van der Waals surface area contributed by atoms with Gasteiger partial charge in [0.05, 0.1) is 17.2 Å². The summed E-state index contributed by atoms with van der Waals surface area (Å²) in [7, 11) is -3.92. The number of rotatable bonds is 5. The average molecular weight is 396 g/mol. The highest BCUT2D eigenvalue weighted by Crippen LogP contribution is 2.26. The van der Waals surface area contributed by atoms with E-state index in [9.17, 15) is 17.6 Å². The number of benzene rings is 1.